The van der Waals surface area contributed by atoms with E-state index in [0.29, 0.717) is 6.42 Å². The van der Waals surface area contributed by atoms with Crippen molar-refractivity contribution in [2.75, 3.05) is 27.8 Å². The van der Waals surface area contributed by atoms with Gasteiger partial charge in [-0.2, -0.15) is 4.28 Å². The van der Waals surface area contributed by atoms with Crippen LogP contribution in [0.3, 0.4) is 0 Å². The maximum absolute atomic E-state index is 12.8. The van der Waals surface area contributed by atoms with E-state index in [4.69, 9.17) is 24.3 Å². The maximum Gasteiger partial charge on any atom is 0.408 e. The number of hydrogen-bond acceptors (Lipinski definition) is 8. The van der Waals surface area contributed by atoms with Crippen LogP contribution >= 0.6 is 0 Å². The first-order valence-corrected chi connectivity index (χ1v) is 13.3. The number of alkyl carbamates (subject to hydrolysis) is 1. The van der Waals surface area contributed by atoms with Crippen molar-refractivity contribution in [3.63, 3.8) is 0 Å². The minimum atomic E-state index is -1.62. The third-order valence-corrected chi connectivity index (χ3v) is 7.94. The quantitative estimate of drug-likeness (QED) is 0.156. The second-order valence-electron chi connectivity index (χ2n) is 10.2. The molecule has 1 aliphatic rings. The van der Waals surface area contributed by atoms with Crippen molar-refractivity contribution in [2.45, 2.75) is 83.8 Å². The second-order valence-corrected chi connectivity index (χ2v) is 11.5. The largest absolute Gasteiger partial charge is 0.444 e. The van der Waals surface area contributed by atoms with Crippen molar-refractivity contribution >= 4 is 29.0 Å². The molecular weight excluding hydrogens is 490 g/mol. The Kier molecular flexibility index (Phi) is 13.1. The van der Waals surface area contributed by atoms with E-state index in [1.54, 1.807) is 27.9 Å². The summed E-state index contributed by atoms with van der Waals surface area (Å²) in [7, 11) is 4.51. The predicted octanol–water partition coefficient (Wildman–Crippen LogP) is 1.87. The molecule has 0 aromatic heterocycles. The number of hydroxylamine groups is 3. The minimum Gasteiger partial charge on any atom is -0.444 e. The van der Waals surface area contributed by atoms with Crippen LogP contribution in [-0.4, -0.2) is 78.0 Å². The number of rotatable bonds is 11. The fourth-order valence-corrected chi connectivity index (χ4v) is 5.60. The molecule has 0 aliphatic heterocycles. The van der Waals surface area contributed by atoms with Gasteiger partial charge in [0.1, 0.15) is 11.6 Å². The Morgan fingerprint density at radius 1 is 1.19 bits per heavy atom. The van der Waals surface area contributed by atoms with E-state index in [0.717, 1.165) is 11.5 Å². The van der Waals surface area contributed by atoms with Crippen molar-refractivity contribution in [1.82, 2.24) is 15.9 Å². The molecule has 4 N–H and O–H groups in total. The van der Waals surface area contributed by atoms with Crippen LogP contribution in [-0.2, 0) is 34.5 Å². The lowest BCUT2D eigenvalue weighted by molar-refractivity contribution is -0.171. The molecule has 210 valence electrons. The zero-order chi connectivity index (χ0) is 27.6. The lowest BCUT2D eigenvalue weighted by Gasteiger charge is -2.41. The highest BCUT2D eigenvalue weighted by molar-refractivity contribution is 7.80. The van der Waals surface area contributed by atoms with Crippen LogP contribution in [0.1, 0.15) is 60.8 Å². The van der Waals surface area contributed by atoms with Crippen molar-refractivity contribution < 1.29 is 32.4 Å². The standard InChI is InChI=1S/C23H45N5O7S/c1-14-13-18(32-8)15(2)16(3)19(14)36(31)35-27-21(24)25-12-10-11-17(20(29)28(7)33-9)26-22(30)34-23(4,5)6/h14-19H,10-13H2,1-9H3,(H,26,30)(H3,24,25,27). The van der Waals surface area contributed by atoms with Crippen LogP contribution in [0.15, 0.2) is 4.99 Å². The van der Waals surface area contributed by atoms with E-state index >= 15 is 0 Å². The summed E-state index contributed by atoms with van der Waals surface area (Å²) in [6.07, 6.45) is 0.920. The van der Waals surface area contributed by atoms with E-state index < -0.39 is 34.7 Å². The molecule has 1 fully saturated rings. The zero-order valence-electron chi connectivity index (χ0n) is 23.0. The molecule has 0 heterocycles. The fraction of sp³-hybridized carbons (Fsp3) is 0.870. The van der Waals surface area contributed by atoms with Crippen LogP contribution in [0.2, 0.25) is 0 Å². The number of hydrogen-bond donors (Lipinski definition) is 3. The molecule has 0 aromatic rings. The van der Waals surface area contributed by atoms with Gasteiger partial charge in [-0.15, -0.1) is 0 Å². The third kappa shape index (κ3) is 10.2. The Morgan fingerprint density at radius 2 is 1.83 bits per heavy atom. The summed E-state index contributed by atoms with van der Waals surface area (Å²) in [6.45, 7) is 11.6. The lowest BCUT2D eigenvalue weighted by Crippen LogP contribution is -2.48. The maximum atomic E-state index is 12.8. The molecule has 7 unspecified atom stereocenters. The van der Waals surface area contributed by atoms with E-state index in [1.165, 1.54) is 14.2 Å². The van der Waals surface area contributed by atoms with Crippen molar-refractivity contribution in [1.29, 1.82) is 0 Å². The summed E-state index contributed by atoms with van der Waals surface area (Å²) >= 11 is -1.62. The number of carbonyl (C=O) groups excluding carboxylic acids is 2. The smallest absolute Gasteiger partial charge is 0.408 e. The molecular formula is C23H45N5O7S. The molecule has 0 saturated heterocycles. The molecule has 13 heteroatoms. The average Bonchev–Trinajstić information content (AvgIpc) is 2.79. The van der Waals surface area contributed by atoms with Crippen molar-refractivity contribution in [2.24, 2.45) is 28.5 Å². The van der Waals surface area contributed by atoms with Crippen LogP contribution in [0, 0.1) is 17.8 Å². The molecule has 1 aliphatic carbocycles. The number of methoxy groups -OCH3 is 1. The van der Waals surface area contributed by atoms with Gasteiger partial charge in [-0.1, -0.05) is 20.8 Å². The highest BCUT2D eigenvalue weighted by Gasteiger charge is 2.42. The van der Waals surface area contributed by atoms with Gasteiger partial charge in [-0.05, 0) is 57.8 Å². The molecule has 0 aromatic carbocycles. The molecule has 2 amide bonds. The summed E-state index contributed by atoms with van der Waals surface area (Å²) in [5.41, 5.74) is 7.63. The Hall–Kier alpha value is -1.96. The van der Waals surface area contributed by atoms with E-state index in [1.807, 2.05) is 6.92 Å². The van der Waals surface area contributed by atoms with Crippen LogP contribution in [0.5, 0.6) is 0 Å². The Balaban J connectivity index is 2.60. The molecule has 7 atom stereocenters. The number of amides is 2. The third-order valence-electron chi connectivity index (χ3n) is 6.36. The Labute approximate surface area is 217 Å². The molecule has 12 nitrogen and oxygen atoms in total. The topological polar surface area (TPSA) is 154 Å². The number of carbonyl (C=O) groups is 2. The first-order chi connectivity index (χ1) is 16.7. The Morgan fingerprint density at radius 3 is 2.39 bits per heavy atom. The summed E-state index contributed by atoms with van der Waals surface area (Å²) < 4.78 is 29.0. The van der Waals surface area contributed by atoms with Crippen LogP contribution < -0.4 is 16.5 Å². The van der Waals surface area contributed by atoms with Gasteiger partial charge in [-0.25, -0.2) is 19.5 Å². The Bertz CT molecular complexity index is 776. The lowest BCUT2D eigenvalue weighted by atomic mass is 9.74. The SMILES string of the molecule is COC1CC(C)C(S(=O)ONC(N)=NCCCC(NC(=O)OC(C)(C)C)C(=O)N(C)OC)C(C)C1C. The number of nitrogens with zero attached hydrogens (tertiary/aromatic N) is 2. The molecule has 1 rings (SSSR count). The minimum absolute atomic E-state index is 0.0285. The monoisotopic (exact) mass is 535 g/mol. The first-order valence-electron chi connectivity index (χ1n) is 12.2. The first kappa shape index (κ1) is 32.1. The summed E-state index contributed by atoms with van der Waals surface area (Å²) in [4.78, 5) is 33.8. The van der Waals surface area contributed by atoms with E-state index in [-0.39, 0.29) is 48.0 Å². The average molecular weight is 536 g/mol. The van der Waals surface area contributed by atoms with Crippen LogP contribution in [0.25, 0.3) is 0 Å². The molecule has 0 bridgehead atoms. The van der Waals surface area contributed by atoms with Gasteiger partial charge in [0.05, 0.1) is 18.5 Å². The van der Waals surface area contributed by atoms with Crippen LogP contribution in [0.4, 0.5) is 4.79 Å². The van der Waals surface area contributed by atoms with Gasteiger partial charge in [0.2, 0.25) is 5.96 Å². The highest BCUT2D eigenvalue weighted by atomic mass is 32.2. The summed E-state index contributed by atoms with van der Waals surface area (Å²) in [6, 6.07) is -0.870. The number of nitrogens with two attached hydrogens (primary N) is 1. The number of guanidine groups is 1. The summed E-state index contributed by atoms with van der Waals surface area (Å²) in [5, 5.41) is 3.43. The van der Waals surface area contributed by atoms with Gasteiger partial charge in [-0.3, -0.25) is 14.6 Å². The molecule has 36 heavy (non-hydrogen) atoms. The number of likely N-dealkylation sites (N-methyl/N-ethyl adjacent to an activating group) is 1. The van der Waals surface area contributed by atoms with Gasteiger partial charge in [0, 0.05) is 20.7 Å². The van der Waals surface area contributed by atoms with E-state index in [2.05, 4.69) is 29.6 Å². The van der Waals surface area contributed by atoms with Gasteiger partial charge >= 0.3 is 6.09 Å². The second kappa shape index (κ2) is 14.7. The number of nitrogens with one attached hydrogen (secondary N) is 2. The number of ether oxygens (including phenoxy) is 2. The molecule has 0 spiro atoms. The molecule has 0 radical (unpaired) electrons. The zero-order valence-corrected chi connectivity index (χ0v) is 23.8. The van der Waals surface area contributed by atoms with Crippen molar-refractivity contribution in [3.8, 4) is 0 Å². The normalized spacial score (nSPS) is 26.6. The van der Waals surface area contributed by atoms with E-state index in [9.17, 15) is 13.8 Å². The van der Waals surface area contributed by atoms with Gasteiger partial charge < -0.3 is 20.5 Å². The number of aliphatic imine (C=N–C) groups is 1. The highest BCUT2D eigenvalue weighted by Crippen LogP contribution is 2.38. The predicted molar refractivity (Wildman–Crippen MR) is 138 cm³/mol. The molecule has 1 saturated carbocycles. The van der Waals surface area contributed by atoms with Gasteiger partial charge in [0.25, 0.3) is 5.91 Å². The fourth-order valence-electron chi connectivity index (χ4n) is 4.23. The summed E-state index contributed by atoms with van der Waals surface area (Å²) in [5.74, 6) is 0.0738. The van der Waals surface area contributed by atoms with Gasteiger partial charge in [0.15, 0.2) is 11.1 Å². The van der Waals surface area contributed by atoms with Crippen molar-refractivity contribution in [3.05, 3.63) is 0 Å².